The number of nitrogens with one attached hydrogen (secondary N) is 2. The van der Waals surface area contributed by atoms with Crippen molar-refractivity contribution in [1.82, 2.24) is 10.6 Å². The van der Waals surface area contributed by atoms with Crippen LogP contribution in [0, 0.1) is 11.8 Å². The highest BCUT2D eigenvalue weighted by molar-refractivity contribution is 5.85. The lowest BCUT2D eigenvalue weighted by Crippen LogP contribution is -2.47. The van der Waals surface area contributed by atoms with Gasteiger partial charge in [-0.15, -0.1) is 0 Å². The van der Waals surface area contributed by atoms with Crippen LogP contribution in [0.4, 0.5) is 4.79 Å². The van der Waals surface area contributed by atoms with E-state index in [1.165, 1.54) is 0 Å². The molecule has 0 unspecified atom stereocenters. The lowest BCUT2D eigenvalue weighted by molar-refractivity contribution is -0.143. The van der Waals surface area contributed by atoms with Crippen LogP contribution in [0.25, 0.3) is 0 Å². The van der Waals surface area contributed by atoms with E-state index in [1.54, 1.807) is 27.7 Å². The van der Waals surface area contributed by atoms with Gasteiger partial charge in [-0.1, -0.05) is 0 Å². The zero-order chi connectivity index (χ0) is 17.6. The van der Waals surface area contributed by atoms with Crippen LogP contribution in [0.2, 0.25) is 0 Å². The van der Waals surface area contributed by atoms with Crippen molar-refractivity contribution in [1.29, 1.82) is 0 Å². The molecule has 0 aromatic rings. The van der Waals surface area contributed by atoms with Crippen LogP contribution in [-0.2, 0) is 14.3 Å². The standard InChI is InChI=1S/C16H28N2O5/c1-10(18-15(22)23-16(2,3)4)13(19)17-9-11-5-7-12(8-6-11)14(20)21/h10-12H,5-9H2,1-4H3,(H,17,19)(H,18,22)(H,20,21)/t10-,11?,12?/m1/s1. The number of hydrogen-bond donors (Lipinski definition) is 3. The largest absolute Gasteiger partial charge is 0.481 e. The first-order valence-electron chi connectivity index (χ1n) is 8.08. The number of carboxylic acid groups (broad SMARTS) is 1. The zero-order valence-corrected chi connectivity index (χ0v) is 14.3. The predicted molar refractivity (Wildman–Crippen MR) is 84.9 cm³/mol. The lowest BCUT2D eigenvalue weighted by atomic mass is 9.82. The number of rotatable bonds is 5. The zero-order valence-electron chi connectivity index (χ0n) is 14.3. The molecule has 0 aromatic carbocycles. The number of carbonyl (C=O) groups is 3. The van der Waals surface area contributed by atoms with E-state index in [-0.39, 0.29) is 11.8 Å². The van der Waals surface area contributed by atoms with E-state index in [0.717, 1.165) is 12.8 Å². The Hall–Kier alpha value is -1.79. The maximum atomic E-state index is 12.0. The molecule has 1 saturated carbocycles. The molecule has 3 N–H and O–H groups in total. The third-order valence-electron chi connectivity index (χ3n) is 3.89. The first-order chi connectivity index (χ1) is 10.6. The lowest BCUT2D eigenvalue weighted by Gasteiger charge is -2.27. The number of hydrogen-bond acceptors (Lipinski definition) is 4. The highest BCUT2D eigenvalue weighted by atomic mass is 16.6. The van der Waals surface area contributed by atoms with Crippen LogP contribution in [0.3, 0.4) is 0 Å². The molecule has 0 aromatic heterocycles. The van der Waals surface area contributed by atoms with Gasteiger partial charge in [0.25, 0.3) is 0 Å². The minimum Gasteiger partial charge on any atom is -0.481 e. The van der Waals surface area contributed by atoms with E-state index in [9.17, 15) is 14.4 Å². The topological polar surface area (TPSA) is 105 Å². The molecule has 1 atom stereocenters. The van der Waals surface area contributed by atoms with Crippen molar-refractivity contribution in [3.8, 4) is 0 Å². The molecule has 7 heteroatoms. The minimum atomic E-state index is -0.734. The van der Waals surface area contributed by atoms with Gasteiger partial charge in [-0.3, -0.25) is 9.59 Å². The number of aliphatic carboxylic acids is 1. The highest BCUT2D eigenvalue weighted by Gasteiger charge is 2.27. The molecule has 0 aliphatic heterocycles. The number of alkyl carbamates (subject to hydrolysis) is 1. The van der Waals surface area contributed by atoms with Gasteiger partial charge in [-0.25, -0.2) is 4.79 Å². The quantitative estimate of drug-likeness (QED) is 0.715. The fraction of sp³-hybridized carbons (Fsp3) is 0.812. The monoisotopic (exact) mass is 328 g/mol. The number of carbonyl (C=O) groups excluding carboxylic acids is 2. The van der Waals surface area contributed by atoms with Crippen molar-refractivity contribution in [2.75, 3.05) is 6.54 Å². The summed E-state index contributed by atoms with van der Waals surface area (Å²) in [6.45, 7) is 7.37. The molecule has 1 aliphatic rings. The van der Waals surface area contributed by atoms with Crippen molar-refractivity contribution < 1.29 is 24.2 Å². The van der Waals surface area contributed by atoms with Crippen LogP contribution in [0.5, 0.6) is 0 Å². The minimum absolute atomic E-state index is 0.255. The summed E-state index contributed by atoms with van der Waals surface area (Å²) in [4.78, 5) is 34.5. The van der Waals surface area contributed by atoms with Gasteiger partial charge in [0.1, 0.15) is 11.6 Å². The van der Waals surface area contributed by atoms with E-state index in [0.29, 0.717) is 25.3 Å². The van der Waals surface area contributed by atoms with Crippen LogP contribution in [-0.4, -0.2) is 41.3 Å². The molecule has 1 aliphatic carbocycles. The average Bonchev–Trinajstić information content (AvgIpc) is 2.42. The van der Waals surface area contributed by atoms with Crippen LogP contribution >= 0.6 is 0 Å². The van der Waals surface area contributed by atoms with Crippen LogP contribution in [0.1, 0.15) is 53.4 Å². The molecule has 0 radical (unpaired) electrons. The molecule has 0 heterocycles. The van der Waals surface area contributed by atoms with Crippen molar-refractivity contribution in [3.05, 3.63) is 0 Å². The Morgan fingerprint density at radius 1 is 1.17 bits per heavy atom. The van der Waals surface area contributed by atoms with Crippen molar-refractivity contribution in [2.24, 2.45) is 11.8 Å². The third kappa shape index (κ3) is 7.34. The fourth-order valence-electron chi connectivity index (χ4n) is 2.56. The first-order valence-corrected chi connectivity index (χ1v) is 8.08. The number of amides is 2. The fourth-order valence-corrected chi connectivity index (χ4v) is 2.56. The van der Waals surface area contributed by atoms with Gasteiger partial charge >= 0.3 is 12.1 Å². The number of ether oxygens (including phenoxy) is 1. The Morgan fingerprint density at radius 2 is 1.74 bits per heavy atom. The summed E-state index contributed by atoms with van der Waals surface area (Å²) in [5, 5.41) is 14.3. The highest BCUT2D eigenvalue weighted by Crippen LogP contribution is 2.28. The van der Waals surface area contributed by atoms with Gasteiger partial charge in [-0.05, 0) is 59.3 Å². The van der Waals surface area contributed by atoms with Crippen molar-refractivity contribution in [2.45, 2.75) is 65.0 Å². The van der Waals surface area contributed by atoms with Crippen molar-refractivity contribution >= 4 is 18.0 Å². The summed E-state index contributed by atoms with van der Waals surface area (Å²) in [5.74, 6) is -0.961. The molecule has 1 rings (SSSR count). The molecule has 0 spiro atoms. The first kappa shape index (κ1) is 19.3. The van der Waals surface area contributed by atoms with E-state index in [1.807, 2.05) is 0 Å². The summed E-state index contributed by atoms with van der Waals surface area (Å²) in [7, 11) is 0. The second-order valence-corrected chi connectivity index (χ2v) is 7.17. The predicted octanol–water partition coefficient (Wildman–Crippen LogP) is 1.91. The molecule has 2 amide bonds. The summed E-state index contributed by atoms with van der Waals surface area (Å²) < 4.78 is 5.10. The van der Waals surface area contributed by atoms with Crippen LogP contribution < -0.4 is 10.6 Å². The molecule has 132 valence electrons. The SMILES string of the molecule is C[C@@H](NC(=O)OC(C)(C)C)C(=O)NCC1CCC(C(=O)O)CC1. The second kappa shape index (κ2) is 8.17. The third-order valence-corrected chi connectivity index (χ3v) is 3.89. The molecule has 7 nitrogen and oxygen atoms in total. The Morgan fingerprint density at radius 3 is 2.22 bits per heavy atom. The average molecular weight is 328 g/mol. The molecular weight excluding hydrogens is 300 g/mol. The van der Waals surface area contributed by atoms with Gasteiger partial charge in [0.2, 0.25) is 5.91 Å². The maximum absolute atomic E-state index is 12.0. The van der Waals surface area contributed by atoms with Gasteiger partial charge < -0.3 is 20.5 Å². The molecule has 0 bridgehead atoms. The van der Waals surface area contributed by atoms with Gasteiger partial charge in [0.05, 0.1) is 5.92 Å². The summed E-state index contributed by atoms with van der Waals surface area (Å²) in [5.41, 5.74) is -0.608. The molecule has 23 heavy (non-hydrogen) atoms. The Balaban J connectivity index is 2.28. The van der Waals surface area contributed by atoms with Gasteiger partial charge in [0.15, 0.2) is 0 Å². The van der Waals surface area contributed by atoms with Crippen molar-refractivity contribution in [3.63, 3.8) is 0 Å². The van der Waals surface area contributed by atoms with E-state index in [2.05, 4.69) is 10.6 Å². The summed E-state index contributed by atoms with van der Waals surface area (Å²) in [6, 6.07) is -0.680. The normalized spacial score (nSPS) is 22.8. The molecular formula is C16H28N2O5. The Labute approximate surface area is 137 Å². The number of carboxylic acids is 1. The van der Waals surface area contributed by atoms with E-state index < -0.39 is 23.7 Å². The molecule has 0 saturated heterocycles. The van der Waals surface area contributed by atoms with Gasteiger partial charge in [-0.2, -0.15) is 0 Å². The summed E-state index contributed by atoms with van der Waals surface area (Å²) in [6.07, 6.45) is 2.28. The second-order valence-electron chi connectivity index (χ2n) is 7.17. The maximum Gasteiger partial charge on any atom is 0.408 e. The van der Waals surface area contributed by atoms with Gasteiger partial charge in [0, 0.05) is 6.54 Å². The summed E-state index contributed by atoms with van der Waals surface area (Å²) >= 11 is 0. The Bertz CT molecular complexity index is 436. The van der Waals surface area contributed by atoms with E-state index in [4.69, 9.17) is 9.84 Å². The smallest absolute Gasteiger partial charge is 0.408 e. The Kier molecular flexibility index (Phi) is 6.84. The van der Waals surface area contributed by atoms with E-state index >= 15 is 0 Å². The molecule has 1 fully saturated rings. The van der Waals surface area contributed by atoms with Crippen LogP contribution in [0.15, 0.2) is 0 Å².